The van der Waals surface area contributed by atoms with Crippen LogP contribution in [0.15, 0.2) is 34.1 Å². The first-order chi connectivity index (χ1) is 8.23. The van der Waals surface area contributed by atoms with Crippen LogP contribution in [0.3, 0.4) is 0 Å². The Labute approximate surface area is 112 Å². The minimum atomic E-state index is -0.0237. The zero-order chi connectivity index (χ0) is 11.9. The number of nitrogens with zero attached hydrogens (tertiary/aromatic N) is 1. The smallest absolute Gasteiger partial charge is 0.123 e. The summed E-state index contributed by atoms with van der Waals surface area (Å²) in [7, 11) is 0. The number of aliphatic hydroxyl groups is 1. The van der Waals surface area contributed by atoms with Gasteiger partial charge in [0.05, 0.1) is 12.3 Å². The molecule has 0 aliphatic heterocycles. The minimum absolute atomic E-state index is 0.0237. The van der Waals surface area contributed by atoms with E-state index in [-0.39, 0.29) is 12.0 Å². The fraction of sp³-hybridized carbons (Fsp3) is 0.308. The Balaban J connectivity index is 1.92. The lowest BCUT2D eigenvalue weighted by Gasteiger charge is -2.06. The molecule has 1 fully saturated rings. The molecule has 2 aromatic rings. The van der Waals surface area contributed by atoms with Crippen molar-refractivity contribution in [2.45, 2.75) is 18.3 Å². The molecule has 0 amide bonds. The maximum Gasteiger partial charge on any atom is 0.123 e. The van der Waals surface area contributed by atoms with Gasteiger partial charge in [-0.1, -0.05) is 28.1 Å². The fourth-order valence-electron chi connectivity index (χ4n) is 1.89. The van der Waals surface area contributed by atoms with E-state index in [2.05, 4.69) is 38.4 Å². The molecule has 0 unspecified atom stereocenters. The van der Waals surface area contributed by atoms with Gasteiger partial charge in [0.2, 0.25) is 0 Å². The average Bonchev–Trinajstić information content (AvgIpc) is 3.00. The van der Waals surface area contributed by atoms with Gasteiger partial charge in [0.25, 0.3) is 0 Å². The van der Waals surface area contributed by atoms with Crippen LogP contribution in [0.25, 0.3) is 10.6 Å². The number of thiazole rings is 1. The third-order valence-electron chi connectivity index (χ3n) is 3.29. The first kappa shape index (κ1) is 11.4. The minimum Gasteiger partial charge on any atom is -0.395 e. The zero-order valence-corrected chi connectivity index (χ0v) is 11.6. The Morgan fingerprint density at radius 3 is 2.59 bits per heavy atom. The number of aliphatic hydroxyl groups excluding tert-OH is 1. The van der Waals surface area contributed by atoms with Crippen LogP contribution in [0.5, 0.6) is 0 Å². The normalized spacial score (nSPS) is 17.1. The summed E-state index contributed by atoms with van der Waals surface area (Å²) in [5.74, 6) is 0. The van der Waals surface area contributed by atoms with Crippen molar-refractivity contribution in [1.82, 2.24) is 4.98 Å². The predicted octanol–water partition coefficient (Wildman–Crippen LogP) is 3.60. The summed E-state index contributed by atoms with van der Waals surface area (Å²) in [6, 6.07) is 8.17. The monoisotopic (exact) mass is 309 g/mol. The van der Waals surface area contributed by atoms with Crippen molar-refractivity contribution in [1.29, 1.82) is 0 Å². The number of aromatic nitrogens is 1. The SMILES string of the molecule is OCC1(c2csc(-c3ccc(Br)cc3)n2)CC1. The molecule has 17 heavy (non-hydrogen) atoms. The molecule has 4 heteroatoms. The van der Waals surface area contributed by atoms with Crippen molar-refractivity contribution in [3.05, 3.63) is 39.8 Å². The third kappa shape index (κ3) is 2.05. The van der Waals surface area contributed by atoms with Crippen molar-refractivity contribution in [2.75, 3.05) is 6.61 Å². The highest BCUT2D eigenvalue weighted by Gasteiger charge is 2.45. The van der Waals surface area contributed by atoms with Crippen molar-refractivity contribution in [3.63, 3.8) is 0 Å². The van der Waals surface area contributed by atoms with E-state index >= 15 is 0 Å². The highest BCUT2D eigenvalue weighted by atomic mass is 79.9. The molecular weight excluding hydrogens is 298 g/mol. The molecular formula is C13H12BrNOS. The first-order valence-corrected chi connectivity index (χ1v) is 7.24. The quantitative estimate of drug-likeness (QED) is 0.940. The van der Waals surface area contributed by atoms with E-state index < -0.39 is 0 Å². The number of rotatable bonds is 3. The number of hydrogen-bond acceptors (Lipinski definition) is 3. The van der Waals surface area contributed by atoms with E-state index in [9.17, 15) is 5.11 Å². The summed E-state index contributed by atoms with van der Waals surface area (Å²) in [6.07, 6.45) is 2.13. The van der Waals surface area contributed by atoms with Gasteiger partial charge in [-0.15, -0.1) is 11.3 Å². The van der Waals surface area contributed by atoms with Crippen LogP contribution in [0, 0.1) is 0 Å². The van der Waals surface area contributed by atoms with E-state index in [1.54, 1.807) is 11.3 Å². The van der Waals surface area contributed by atoms with E-state index in [1.165, 1.54) is 0 Å². The fourth-order valence-corrected chi connectivity index (χ4v) is 3.10. The molecule has 0 radical (unpaired) electrons. The van der Waals surface area contributed by atoms with Gasteiger partial charge in [-0.25, -0.2) is 4.98 Å². The van der Waals surface area contributed by atoms with Gasteiger partial charge in [0.1, 0.15) is 5.01 Å². The highest BCUT2D eigenvalue weighted by Crippen LogP contribution is 2.48. The maximum absolute atomic E-state index is 9.38. The van der Waals surface area contributed by atoms with Gasteiger partial charge in [-0.3, -0.25) is 0 Å². The van der Waals surface area contributed by atoms with Gasteiger partial charge in [0.15, 0.2) is 0 Å². The van der Waals surface area contributed by atoms with Gasteiger partial charge in [-0.2, -0.15) is 0 Å². The van der Waals surface area contributed by atoms with Crippen LogP contribution in [0.1, 0.15) is 18.5 Å². The summed E-state index contributed by atoms with van der Waals surface area (Å²) in [5.41, 5.74) is 2.17. The van der Waals surface area contributed by atoms with Crippen LogP contribution in [-0.2, 0) is 5.41 Å². The molecule has 1 saturated carbocycles. The molecule has 0 spiro atoms. The zero-order valence-electron chi connectivity index (χ0n) is 9.19. The molecule has 1 aliphatic rings. The molecule has 1 aromatic heterocycles. The van der Waals surface area contributed by atoms with Gasteiger partial charge in [-0.05, 0) is 25.0 Å². The molecule has 3 rings (SSSR count). The Hall–Kier alpha value is -0.710. The molecule has 1 N–H and O–H groups in total. The lowest BCUT2D eigenvalue weighted by Crippen LogP contribution is -2.11. The van der Waals surface area contributed by atoms with Crippen LogP contribution in [0.4, 0.5) is 0 Å². The maximum atomic E-state index is 9.38. The van der Waals surface area contributed by atoms with E-state index in [1.807, 2.05) is 12.1 Å². The van der Waals surface area contributed by atoms with Crippen LogP contribution < -0.4 is 0 Å². The second kappa shape index (κ2) is 4.19. The third-order valence-corrected chi connectivity index (χ3v) is 4.71. The molecule has 0 bridgehead atoms. The van der Waals surface area contributed by atoms with Gasteiger partial charge in [0, 0.05) is 20.8 Å². The average molecular weight is 310 g/mol. The van der Waals surface area contributed by atoms with Gasteiger partial charge >= 0.3 is 0 Å². The molecule has 1 aliphatic carbocycles. The molecule has 88 valence electrons. The summed E-state index contributed by atoms with van der Waals surface area (Å²) in [5, 5.41) is 12.5. The first-order valence-electron chi connectivity index (χ1n) is 5.56. The van der Waals surface area contributed by atoms with Crippen LogP contribution in [0.2, 0.25) is 0 Å². The molecule has 1 heterocycles. The second-order valence-electron chi connectivity index (χ2n) is 4.48. The van der Waals surface area contributed by atoms with Crippen molar-refractivity contribution >= 4 is 27.3 Å². The predicted molar refractivity (Wildman–Crippen MR) is 73.2 cm³/mol. The summed E-state index contributed by atoms with van der Waals surface area (Å²) in [6.45, 7) is 0.219. The Morgan fingerprint density at radius 1 is 1.29 bits per heavy atom. The summed E-state index contributed by atoms with van der Waals surface area (Å²) in [4.78, 5) is 4.66. The largest absolute Gasteiger partial charge is 0.395 e. The van der Waals surface area contributed by atoms with Crippen molar-refractivity contribution in [3.8, 4) is 10.6 Å². The molecule has 0 atom stereocenters. The lowest BCUT2D eigenvalue weighted by molar-refractivity contribution is 0.253. The molecule has 0 saturated heterocycles. The Bertz CT molecular complexity index is 531. The summed E-state index contributed by atoms with van der Waals surface area (Å²) < 4.78 is 1.08. The standard InChI is InChI=1S/C13H12BrNOS/c14-10-3-1-9(2-4-10)12-15-11(7-17-12)13(8-16)5-6-13/h1-4,7,16H,5-6,8H2. The van der Waals surface area contributed by atoms with E-state index in [0.29, 0.717) is 0 Å². The lowest BCUT2D eigenvalue weighted by atomic mass is 10.1. The van der Waals surface area contributed by atoms with Crippen LogP contribution >= 0.6 is 27.3 Å². The van der Waals surface area contributed by atoms with Gasteiger partial charge < -0.3 is 5.11 Å². The number of halogens is 1. The topological polar surface area (TPSA) is 33.1 Å². The summed E-state index contributed by atoms with van der Waals surface area (Å²) >= 11 is 5.08. The Kier molecular flexibility index (Phi) is 2.81. The molecule has 1 aromatic carbocycles. The van der Waals surface area contributed by atoms with E-state index in [4.69, 9.17) is 0 Å². The van der Waals surface area contributed by atoms with Crippen LogP contribution in [-0.4, -0.2) is 16.7 Å². The van der Waals surface area contributed by atoms with Crippen molar-refractivity contribution < 1.29 is 5.11 Å². The second-order valence-corrected chi connectivity index (χ2v) is 6.26. The van der Waals surface area contributed by atoms with Crippen molar-refractivity contribution in [2.24, 2.45) is 0 Å². The Morgan fingerprint density at radius 2 is 2.00 bits per heavy atom. The number of benzene rings is 1. The molecule has 2 nitrogen and oxygen atoms in total. The van der Waals surface area contributed by atoms with E-state index in [0.717, 1.165) is 33.6 Å². The highest BCUT2D eigenvalue weighted by molar-refractivity contribution is 9.10. The number of hydrogen-bond donors (Lipinski definition) is 1.